The molecule has 2 aromatic rings. The number of rotatable bonds is 5. The molecule has 1 aliphatic heterocycles. The fourth-order valence-electron chi connectivity index (χ4n) is 2.50. The molecule has 1 N–H and O–H groups in total. The molecule has 1 aromatic heterocycles. The molecule has 0 radical (unpaired) electrons. The van der Waals surface area contributed by atoms with Crippen molar-refractivity contribution in [1.82, 2.24) is 9.97 Å². The van der Waals surface area contributed by atoms with Crippen LogP contribution < -0.4 is 15.0 Å². The molecule has 7 heteroatoms. The number of hydrogen-bond donors (Lipinski definition) is 1. The summed E-state index contributed by atoms with van der Waals surface area (Å²) in [5.74, 6) is 1.95. The highest BCUT2D eigenvalue weighted by Crippen LogP contribution is 2.16. The van der Waals surface area contributed by atoms with E-state index in [0.29, 0.717) is 19.0 Å². The number of ether oxygens (including phenoxy) is 2. The largest absolute Gasteiger partial charge is 0.497 e. The normalized spacial score (nSPS) is 14.3. The van der Waals surface area contributed by atoms with Crippen LogP contribution >= 0.6 is 0 Å². The Hall–Kier alpha value is -2.67. The lowest BCUT2D eigenvalue weighted by Crippen LogP contribution is -2.36. The number of hydrogen-bond acceptors (Lipinski definition) is 6. The fraction of sp³-hybridized carbons (Fsp3) is 0.353. The molecule has 1 amide bonds. The van der Waals surface area contributed by atoms with E-state index in [9.17, 15) is 4.79 Å². The number of carbonyl (C=O) groups excluding carboxylic acids is 1. The van der Waals surface area contributed by atoms with Gasteiger partial charge < -0.3 is 19.7 Å². The highest BCUT2D eigenvalue weighted by atomic mass is 16.5. The third-order valence-electron chi connectivity index (χ3n) is 3.78. The van der Waals surface area contributed by atoms with Crippen LogP contribution in [0, 0.1) is 0 Å². The van der Waals surface area contributed by atoms with E-state index in [1.165, 1.54) is 6.33 Å². The predicted octanol–water partition coefficient (Wildman–Crippen LogP) is 1.50. The van der Waals surface area contributed by atoms with Gasteiger partial charge in [0.25, 0.3) is 0 Å². The summed E-state index contributed by atoms with van der Waals surface area (Å²) in [6, 6.07) is 9.21. The van der Waals surface area contributed by atoms with Gasteiger partial charge in [0.1, 0.15) is 23.7 Å². The quantitative estimate of drug-likeness (QED) is 0.896. The summed E-state index contributed by atoms with van der Waals surface area (Å²) in [5, 5.41) is 2.82. The molecule has 7 nitrogen and oxygen atoms in total. The molecule has 1 aromatic carbocycles. The Kier molecular flexibility index (Phi) is 5.22. The van der Waals surface area contributed by atoms with Crippen LogP contribution in [-0.4, -0.2) is 49.3 Å². The number of morpholine rings is 1. The second-order valence-electron chi connectivity index (χ2n) is 5.43. The van der Waals surface area contributed by atoms with Crippen LogP contribution in [0.3, 0.4) is 0 Å². The minimum atomic E-state index is -0.119. The zero-order valence-electron chi connectivity index (χ0n) is 13.6. The SMILES string of the molecule is COc1ccc(CC(=O)Nc2cc(N3CCOCC3)ncn2)cc1. The molecule has 2 heterocycles. The molecule has 0 atom stereocenters. The van der Waals surface area contributed by atoms with Crippen molar-refractivity contribution < 1.29 is 14.3 Å². The van der Waals surface area contributed by atoms with Gasteiger partial charge in [-0.05, 0) is 17.7 Å². The first-order chi connectivity index (χ1) is 11.7. The molecule has 0 saturated carbocycles. The van der Waals surface area contributed by atoms with Gasteiger partial charge in [-0.3, -0.25) is 4.79 Å². The number of amides is 1. The molecule has 24 heavy (non-hydrogen) atoms. The van der Waals surface area contributed by atoms with Crippen LogP contribution in [0.5, 0.6) is 5.75 Å². The zero-order chi connectivity index (χ0) is 16.8. The van der Waals surface area contributed by atoms with Crippen molar-refractivity contribution in [2.24, 2.45) is 0 Å². The number of anilines is 2. The van der Waals surface area contributed by atoms with E-state index in [1.807, 2.05) is 24.3 Å². The molecule has 0 spiro atoms. The summed E-state index contributed by atoms with van der Waals surface area (Å²) in [5.41, 5.74) is 0.913. The first-order valence-corrected chi connectivity index (χ1v) is 7.82. The maximum absolute atomic E-state index is 12.2. The van der Waals surface area contributed by atoms with Crippen molar-refractivity contribution in [1.29, 1.82) is 0 Å². The Balaban J connectivity index is 1.61. The van der Waals surface area contributed by atoms with Crippen LogP contribution in [-0.2, 0) is 16.0 Å². The maximum atomic E-state index is 12.2. The Bertz CT molecular complexity index is 684. The van der Waals surface area contributed by atoms with Gasteiger partial charge >= 0.3 is 0 Å². The van der Waals surface area contributed by atoms with Crippen molar-refractivity contribution in [2.45, 2.75) is 6.42 Å². The van der Waals surface area contributed by atoms with Gasteiger partial charge in [-0.25, -0.2) is 9.97 Å². The lowest BCUT2D eigenvalue weighted by atomic mass is 10.1. The van der Waals surface area contributed by atoms with Crippen LogP contribution in [0.15, 0.2) is 36.7 Å². The summed E-state index contributed by atoms with van der Waals surface area (Å²) >= 11 is 0. The van der Waals surface area contributed by atoms with Gasteiger partial charge in [-0.2, -0.15) is 0 Å². The second-order valence-corrected chi connectivity index (χ2v) is 5.43. The van der Waals surface area contributed by atoms with E-state index >= 15 is 0 Å². The number of carbonyl (C=O) groups is 1. The molecule has 0 unspecified atom stereocenters. The number of aromatic nitrogens is 2. The van der Waals surface area contributed by atoms with Gasteiger partial charge in [0.05, 0.1) is 26.7 Å². The highest BCUT2D eigenvalue weighted by Gasteiger charge is 2.14. The van der Waals surface area contributed by atoms with Crippen LogP contribution in [0.1, 0.15) is 5.56 Å². The van der Waals surface area contributed by atoms with Crippen molar-refractivity contribution in [3.8, 4) is 5.75 Å². The van der Waals surface area contributed by atoms with E-state index in [-0.39, 0.29) is 12.3 Å². The first kappa shape index (κ1) is 16.2. The van der Waals surface area contributed by atoms with Crippen molar-refractivity contribution >= 4 is 17.5 Å². The molecule has 1 aliphatic rings. The molecule has 0 aliphatic carbocycles. The monoisotopic (exact) mass is 328 g/mol. The fourth-order valence-corrected chi connectivity index (χ4v) is 2.50. The predicted molar refractivity (Wildman–Crippen MR) is 90.4 cm³/mol. The summed E-state index contributed by atoms with van der Waals surface area (Å²) in [7, 11) is 1.61. The van der Waals surface area contributed by atoms with Gasteiger partial charge in [0.2, 0.25) is 5.91 Å². The highest BCUT2D eigenvalue weighted by molar-refractivity contribution is 5.91. The molecule has 1 saturated heterocycles. The molecular weight excluding hydrogens is 308 g/mol. The van der Waals surface area contributed by atoms with Crippen molar-refractivity contribution in [3.05, 3.63) is 42.2 Å². The number of benzene rings is 1. The van der Waals surface area contributed by atoms with Crippen molar-refractivity contribution in [3.63, 3.8) is 0 Å². The number of nitrogens with one attached hydrogen (secondary N) is 1. The van der Waals surface area contributed by atoms with Crippen LogP contribution in [0.25, 0.3) is 0 Å². The third kappa shape index (κ3) is 4.20. The summed E-state index contributed by atoms with van der Waals surface area (Å²) in [6.45, 7) is 2.94. The Morgan fingerprint density at radius 3 is 2.71 bits per heavy atom. The van der Waals surface area contributed by atoms with Crippen molar-refractivity contribution in [2.75, 3.05) is 43.6 Å². The van der Waals surface area contributed by atoms with Crippen LogP contribution in [0.2, 0.25) is 0 Å². The number of methoxy groups -OCH3 is 1. The second kappa shape index (κ2) is 7.74. The Morgan fingerprint density at radius 1 is 1.25 bits per heavy atom. The van der Waals surface area contributed by atoms with Gasteiger partial charge in [0, 0.05) is 19.2 Å². The number of nitrogens with zero attached hydrogens (tertiary/aromatic N) is 3. The standard InChI is InChI=1S/C17H20N4O3/c1-23-14-4-2-13(3-5-14)10-17(22)20-15-11-16(19-12-18-15)21-6-8-24-9-7-21/h2-5,11-12H,6-10H2,1H3,(H,18,19,20,22). The average molecular weight is 328 g/mol. The van der Waals surface area contributed by atoms with E-state index < -0.39 is 0 Å². The van der Waals surface area contributed by atoms with E-state index in [2.05, 4.69) is 20.2 Å². The first-order valence-electron chi connectivity index (χ1n) is 7.82. The van der Waals surface area contributed by atoms with E-state index in [4.69, 9.17) is 9.47 Å². The van der Waals surface area contributed by atoms with E-state index in [0.717, 1.165) is 30.2 Å². The smallest absolute Gasteiger partial charge is 0.229 e. The molecular formula is C17H20N4O3. The zero-order valence-corrected chi connectivity index (χ0v) is 13.6. The van der Waals surface area contributed by atoms with Gasteiger partial charge in [0.15, 0.2) is 0 Å². The third-order valence-corrected chi connectivity index (χ3v) is 3.78. The Morgan fingerprint density at radius 2 is 2.00 bits per heavy atom. The lowest BCUT2D eigenvalue weighted by Gasteiger charge is -2.27. The molecule has 0 bridgehead atoms. The molecule has 1 fully saturated rings. The van der Waals surface area contributed by atoms with Gasteiger partial charge in [-0.1, -0.05) is 12.1 Å². The summed E-state index contributed by atoms with van der Waals surface area (Å²) < 4.78 is 10.4. The Labute approximate surface area is 140 Å². The summed E-state index contributed by atoms with van der Waals surface area (Å²) in [6.07, 6.45) is 1.74. The summed E-state index contributed by atoms with van der Waals surface area (Å²) in [4.78, 5) is 22.7. The lowest BCUT2D eigenvalue weighted by molar-refractivity contribution is -0.115. The maximum Gasteiger partial charge on any atom is 0.229 e. The average Bonchev–Trinajstić information content (AvgIpc) is 2.63. The molecule has 3 rings (SSSR count). The minimum Gasteiger partial charge on any atom is -0.497 e. The minimum absolute atomic E-state index is 0.119. The van der Waals surface area contributed by atoms with Gasteiger partial charge in [-0.15, -0.1) is 0 Å². The van der Waals surface area contributed by atoms with E-state index in [1.54, 1.807) is 13.2 Å². The van der Waals surface area contributed by atoms with Crippen LogP contribution in [0.4, 0.5) is 11.6 Å². The topological polar surface area (TPSA) is 76.6 Å². The molecule has 126 valence electrons.